The fraction of sp³-hybridized carbons (Fsp3) is 0.333. The molecule has 0 radical (unpaired) electrons. The van der Waals surface area contributed by atoms with Gasteiger partial charge in [-0.15, -0.1) is 0 Å². The van der Waals surface area contributed by atoms with Crippen LogP contribution in [-0.2, 0) is 17.3 Å². The van der Waals surface area contributed by atoms with Crippen LogP contribution in [0.15, 0.2) is 71.7 Å². The molecule has 9 heteroatoms. The van der Waals surface area contributed by atoms with E-state index in [4.69, 9.17) is 4.98 Å². The van der Waals surface area contributed by atoms with Crippen molar-refractivity contribution in [1.29, 1.82) is 0 Å². The molecule has 45 heavy (non-hydrogen) atoms. The van der Waals surface area contributed by atoms with Gasteiger partial charge in [0.25, 0.3) is 11.5 Å². The molecule has 3 aromatic carbocycles. The van der Waals surface area contributed by atoms with Crippen LogP contribution in [0.1, 0.15) is 59.4 Å². The van der Waals surface area contributed by atoms with Crippen molar-refractivity contribution in [1.82, 2.24) is 19.4 Å². The van der Waals surface area contributed by atoms with Crippen molar-refractivity contribution >= 4 is 29.0 Å². The number of hydrogen-bond acceptors (Lipinski definition) is 6. The van der Waals surface area contributed by atoms with Crippen molar-refractivity contribution in [2.45, 2.75) is 46.1 Å². The first-order valence-corrected chi connectivity index (χ1v) is 15.2. The smallest absolute Gasteiger partial charge is 0.293 e. The molecule has 5 rings (SSSR count). The highest BCUT2D eigenvalue weighted by atomic mass is 16.2. The molecule has 1 aliphatic rings. The quantitative estimate of drug-likeness (QED) is 0.288. The molecule has 2 N–H and O–H groups in total. The molecule has 0 aliphatic carbocycles. The average Bonchev–Trinajstić information content (AvgIpc) is 2.99. The second kappa shape index (κ2) is 12.3. The molecule has 1 aliphatic heterocycles. The van der Waals surface area contributed by atoms with E-state index >= 15 is 0 Å². The van der Waals surface area contributed by atoms with Gasteiger partial charge in [0.15, 0.2) is 5.82 Å². The van der Waals surface area contributed by atoms with Crippen molar-refractivity contribution in [3.8, 4) is 11.3 Å². The number of benzene rings is 3. The summed E-state index contributed by atoms with van der Waals surface area (Å²) in [5.41, 5.74) is 6.91. The minimum absolute atomic E-state index is 0.00563. The van der Waals surface area contributed by atoms with E-state index in [-0.39, 0.29) is 34.6 Å². The Bertz CT molecular complexity index is 1820. The molecular formula is C36H42N6O3. The number of amides is 2. The molecule has 1 saturated heterocycles. The van der Waals surface area contributed by atoms with E-state index in [1.54, 1.807) is 18.1 Å². The lowest BCUT2D eigenvalue weighted by Gasteiger charge is -2.37. The topological polar surface area (TPSA) is 99.6 Å². The Morgan fingerprint density at radius 3 is 2.31 bits per heavy atom. The van der Waals surface area contributed by atoms with Crippen LogP contribution in [0.4, 0.5) is 17.2 Å². The summed E-state index contributed by atoms with van der Waals surface area (Å²) in [6.07, 6.45) is 1.70. The lowest BCUT2D eigenvalue weighted by atomic mass is 9.85. The highest BCUT2D eigenvalue weighted by Gasteiger charge is 2.32. The van der Waals surface area contributed by atoms with Gasteiger partial charge in [-0.3, -0.25) is 19.3 Å². The second-order valence-electron chi connectivity index (χ2n) is 13.0. The van der Waals surface area contributed by atoms with Crippen LogP contribution in [0, 0.1) is 13.8 Å². The van der Waals surface area contributed by atoms with Gasteiger partial charge in [0.1, 0.15) is 6.04 Å². The summed E-state index contributed by atoms with van der Waals surface area (Å²) in [7, 11) is 5.47. The predicted molar refractivity (Wildman–Crippen MR) is 180 cm³/mol. The average molecular weight is 607 g/mol. The molecular weight excluding hydrogens is 564 g/mol. The van der Waals surface area contributed by atoms with Crippen LogP contribution in [0.3, 0.4) is 0 Å². The molecule has 0 saturated carbocycles. The Morgan fingerprint density at radius 2 is 1.64 bits per heavy atom. The predicted octanol–water partition coefficient (Wildman–Crippen LogP) is 5.80. The molecule has 234 valence electrons. The number of hydrogen-bond donors (Lipinski definition) is 2. The van der Waals surface area contributed by atoms with Gasteiger partial charge in [-0.05, 0) is 72.8 Å². The van der Waals surface area contributed by atoms with Gasteiger partial charge in [0.05, 0.1) is 5.69 Å². The van der Waals surface area contributed by atoms with Gasteiger partial charge >= 0.3 is 0 Å². The maximum Gasteiger partial charge on any atom is 0.293 e. The molecule has 2 heterocycles. The lowest BCUT2D eigenvalue weighted by molar-refractivity contribution is -0.139. The zero-order chi connectivity index (χ0) is 32.6. The molecule has 2 amide bonds. The van der Waals surface area contributed by atoms with Crippen molar-refractivity contribution in [3.05, 3.63) is 105 Å². The van der Waals surface area contributed by atoms with Crippen LogP contribution in [0.25, 0.3) is 11.3 Å². The van der Waals surface area contributed by atoms with Crippen molar-refractivity contribution in [2.24, 2.45) is 7.05 Å². The SMILES string of the molecule is Cc1cc(C(C)(C)C)ccc1C(=O)Nc1cccc(-c2cn(C)c(=O)c(Nc3ccc(C4C(=O)N(C)CCN4C)cc3)n2)c1C. The number of nitrogens with one attached hydrogen (secondary N) is 2. The van der Waals surface area contributed by atoms with Crippen LogP contribution in [-0.4, -0.2) is 58.4 Å². The van der Waals surface area contributed by atoms with Crippen LogP contribution in [0.2, 0.25) is 0 Å². The van der Waals surface area contributed by atoms with E-state index in [9.17, 15) is 14.4 Å². The molecule has 9 nitrogen and oxygen atoms in total. The highest BCUT2D eigenvalue weighted by Crippen LogP contribution is 2.30. The molecule has 1 atom stereocenters. The van der Waals surface area contributed by atoms with Gasteiger partial charge in [-0.2, -0.15) is 0 Å². The number of aromatic nitrogens is 2. The summed E-state index contributed by atoms with van der Waals surface area (Å²) in [4.78, 5) is 47.7. The lowest BCUT2D eigenvalue weighted by Crippen LogP contribution is -2.48. The van der Waals surface area contributed by atoms with Gasteiger partial charge in [-0.25, -0.2) is 4.98 Å². The molecule has 0 bridgehead atoms. The van der Waals surface area contributed by atoms with E-state index in [0.717, 1.165) is 28.8 Å². The van der Waals surface area contributed by atoms with Crippen LogP contribution in [0.5, 0.6) is 0 Å². The third-order valence-corrected chi connectivity index (χ3v) is 8.59. The van der Waals surface area contributed by atoms with Crippen LogP contribution < -0.4 is 16.2 Å². The first kappa shape index (κ1) is 31.7. The Kier molecular flexibility index (Phi) is 8.67. The monoisotopic (exact) mass is 606 g/mol. The summed E-state index contributed by atoms with van der Waals surface area (Å²) in [6.45, 7) is 11.8. The fourth-order valence-electron chi connectivity index (χ4n) is 5.67. The summed E-state index contributed by atoms with van der Waals surface area (Å²) in [5, 5.41) is 6.25. The molecule has 1 fully saturated rings. The van der Waals surface area contributed by atoms with Crippen LogP contribution >= 0.6 is 0 Å². The molecule has 1 aromatic heterocycles. The first-order valence-electron chi connectivity index (χ1n) is 15.2. The maximum absolute atomic E-state index is 13.3. The number of nitrogens with zero attached hydrogens (tertiary/aromatic N) is 4. The van der Waals surface area contributed by atoms with E-state index in [0.29, 0.717) is 29.2 Å². The van der Waals surface area contributed by atoms with Gasteiger partial charge < -0.3 is 20.1 Å². The van der Waals surface area contributed by atoms with E-state index in [1.165, 1.54) is 10.1 Å². The normalized spacial score (nSPS) is 15.7. The minimum Gasteiger partial charge on any atom is -0.343 e. The Balaban J connectivity index is 1.39. The van der Waals surface area contributed by atoms with Gasteiger partial charge in [-0.1, -0.05) is 57.2 Å². The Labute approximate surface area is 264 Å². The molecule has 0 spiro atoms. The summed E-state index contributed by atoms with van der Waals surface area (Å²) >= 11 is 0. The number of aryl methyl sites for hydroxylation is 2. The van der Waals surface area contributed by atoms with E-state index < -0.39 is 0 Å². The zero-order valence-electron chi connectivity index (χ0n) is 27.4. The summed E-state index contributed by atoms with van der Waals surface area (Å²) < 4.78 is 1.50. The number of anilines is 3. The maximum atomic E-state index is 13.3. The standard InChI is InChI=1S/C36H42N6O3/c1-22-20-25(36(3,4)5)14-17-27(22)33(43)39-29-11-9-10-28(23(29)2)30-21-42(8)35(45)32(38-30)37-26-15-12-24(13-16-26)31-34(44)41(7)19-18-40(31)6/h9-17,20-21,31H,18-19H2,1-8H3,(H,37,38)(H,39,43). The number of carbonyl (C=O) groups is 2. The van der Waals surface area contributed by atoms with E-state index in [1.807, 2.05) is 87.4 Å². The number of likely N-dealkylation sites (N-methyl/N-ethyl adjacent to an activating group) is 2. The minimum atomic E-state index is -0.338. The number of carbonyl (C=O) groups excluding carboxylic acids is 2. The van der Waals surface area contributed by atoms with E-state index in [2.05, 4.69) is 37.5 Å². The summed E-state index contributed by atoms with van der Waals surface area (Å²) in [6, 6.07) is 18.8. The van der Waals surface area contributed by atoms with Gasteiger partial charge in [0.2, 0.25) is 5.91 Å². The first-order chi connectivity index (χ1) is 21.2. The highest BCUT2D eigenvalue weighted by molar-refractivity contribution is 6.06. The van der Waals surface area contributed by atoms with Crippen molar-refractivity contribution < 1.29 is 9.59 Å². The van der Waals surface area contributed by atoms with Gasteiger partial charge in [0, 0.05) is 55.9 Å². The van der Waals surface area contributed by atoms with Crippen molar-refractivity contribution in [2.75, 3.05) is 37.8 Å². The number of piperazine rings is 1. The zero-order valence-corrected chi connectivity index (χ0v) is 27.4. The Hall–Kier alpha value is -4.76. The molecule has 4 aromatic rings. The fourth-order valence-corrected chi connectivity index (χ4v) is 5.67. The summed E-state index contributed by atoms with van der Waals surface area (Å²) in [5.74, 6) is 0.0620. The van der Waals surface area contributed by atoms with Crippen molar-refractivity contribution in [3.63, 3.8) is 0 Å². The largest absolute Gasteiger partial charge is 0.343 e. The second-order valence-corrected chi connectivity index (χ2v) is 13.0. The Morgan fingerprint density at radius 1 is 0.933 bits per heavy atom. The third kappa shape index (κ3) is 6.54. The molecule has 1 unspecified atom stereocenters. The third-order valence-electron chi connectivity index (χ3n) is 8.59. The number of rotatable bonds is 6.